The Morgan fingerprint density at radius 3 is 2.66 bits per heavy atom. The number of carboxylic acid groups (broad SMARTS) is 1. The standard InChI is InChI=1S/C22H22ClN3O3/c23-17-6-2-5-16(13-17)22(24,9-11-27)14-26-18-7-1-4-15(12-18)19-8-3-10-25-20(19)21(28)29/h1-8,10,12-13,26-27H,9,11,14,24H2,(H,28,29)/t22-/m0/s1. The summed E-state index contributed by atoms with van der Waals surface area (Å²) in [5.74, 6) is -1.08. The van der Waals surface area contributed by atoms with Gasteiger partial charge in [0.05, 0.1) is 5.54 Å². The van der Waals surface area contributed by atoms with Crippen LogP contribution in [-0.4, -0.2) is 34.3 Å². The Balaban J connectivity index is 1.86. The summed E-state index contributed by atoms with van der Waals surface area (Å²) in [5.41, 5.74) is 8.63. The lowest BCUT2D eigenvalue weighted by molar-refractivity contribution is 0.0691. The first-order valence-electron chi connectivity index (χ1n) is 9.11. The summed E-state index contributed by atoms with van der Waals surface area (Å²) >= 11 is 6.10. The maximum absolute atomic E-state index is 11.5. The Hall–Kier alpha value is -2.93. The number of nitrogens with two attached hydrogens (primary N) is 1. The highest BCUT2D eigenvalue weighted by Gasteiger charge is 2.27. The van der Waals surface area contributed by atoms with E-state index < -0.39 is 11.5 Å². The smallest absolute Gasteiger partial charge is 0.355 e. The van der Waals surface area contributed by atoms with Crippen LogP contribution in [0.5, 0.6) is 0 Å². The van der Waals surface area contributed by atoms with Crippen LogP contribution in [0.1, 0.15) is 22.5 Å². The predicted molar refractivity (Wildman–Crippen MR) is 114 cm³/mol. The van der Waals surface area contributed by atoms with E-state index in [0.717, 1.165) is 16.8 Å². The van der Waals surface area contributed by atoms with Gasteiger partial charge in [-0.1, -0.05) is 41.9 Å². The molecule has 0 aliphatic rings. The zero-order chi connectivity index (χ0) is 20.9. The summed E-state index contributed by atoms with van der Waals surface area (Å²) in [6.07, 6.45) is 1.81. The highest BCUT2D eigenvalue weighted by molar-refractivity contribution is 6.30. The number of carboxylic acids is 1. The minimum absolute atomic E-state index is 0.00275. The van der Waals surface area contributed by atoms with Crippen molar-refractivity contribution in [1.29, 1.82) is 0 Å². The zero-order valence-corrected chi connectivity index (χ0v) is 16.4. The lowest BCUT2D eigenvalue weighted by Gasteiger charge is -2.30. The molecule has 0 aliphatic carbocycles. The summed E-state index contributed by atoms with van der Waals surface area (Å²) in [6.45, 7) is 0.290. The average Bonchev–Trinajstić information content (AvgIpc) is 2.73. The molecule has 0 unspecified atom stereocenters. The van der Waals surface area contributed by atoms with Gasteiger partial charge in [0.2, 0.25) is 0 Å². The highest BCUT2D eigenvalue weighted by atomic mass is 35.5. The van der Waals surface area contributed by atoms with Gasteiger partial charge in [-0.05, 0) is 47.9 Å². The number of aliphatic hydroxyl groups excluding tert-OH is 1. The second-order valence-corrected chi connectivity index (χ2v) is 7.22. The first-order valence-corrected chi connectivity index (χ1v) is 9.49. The van der Waals surface area contributed by atoms with E-state index in [9.17, 15) is 15.0 Å². The number of rotatable bonds is 8. The topological polar surface area (TPSA) is 108 Å². The number of benzene rings is 2. The quantitative estimate of drug-likeness (QED) is 0.449. The van der Waals surface area contributed by atoms with Crippen molar-refractivity contribution < 1.29 is 15.0 Å². The molecular weight excluding hydrogens is 390 g/mol. The molecule has 3 aromatic rings. The van der Waals surface area contributed by atoms with E-state index in [1.54, 1.807) is 24.3 Å². The maximum atomic E-state index is 11.5. The van der Waals surface area contributed by atoms with Gasteiger partial charge in [0.25, 0.3) is 0 Å². The van der Waals surface area contributed by atoms with E-state index in [0.29, 0.717) is 23.6 Å². The molecule has 3 rings (SSSR count). The molecule has 0 saturated carbocycles. The Kier molecular flexibility index (Phi) is 6.49. The van der Waals surface area contributed by atoms with Gasteiger partial charge in [0.1, 0.15) is 0 Å². The van der Waals surface area contributed by atoms with Gasteiger partial charge in [-0.3, -0.25) is 0 Å². The Morgan fingerprint density at radius 2 is 1.93 bits per heavy atom. The average molecular weight is 412 g/mol. The van der Waals surface area contributed by atoms with E-state index in [1.807, 2.05) is 36.4 Å². The lowest BCUT2D eigenvalue weighted by atomic mass is 9.87. The molecule has 2 aromatic carbocycles. The molecule has 1 aromatic heterocycles. The van der Waals surface area contributed by atoms with Gasteiger partial charge in [0, 0.05) is 35.6 Å². The molecule has 0 radical (unpaired) electrons. The van der Waals surface area contributed by atoms with Crippen molar-refractivity contribution in [2.75, 3.05) is 18.5 Å². The highest BCUT2D eigenvalue weighted by Crippen LogP contribution is 2.28. The van der Waals surface area contributed by atoms with Crippen LogP contribution in [0.3, 0.4) is 0 Å². The number of anilines is 1. The van der Waals surface area contributed by atoms with Crippen LogP contribution in [-0.2, 0) is 5.54 Å². The van der Waals surface area contributed by atoms with Crippen LogP contribution in [0.15, 0.2) is 66.9 Å². The minimum Gasteiger partial charge on any atom is -0.476 e. The fourth-order valence-corrected chi connectivity index (χ4v) is 3.39. The SMILES string of the molecule is N[C@@](CCO)(CNc1cccc(-c2cccnc2C(=O)O)c1)c1cccc(Cl)c1. The van der Waals surface area contributed by atoms with Gasteiger partial charge in [-0.15, -0.1) is 0 Å². The second-order valence-electron chi connectivity index (χ2n) is 6.78. The molecule has 29 heavy (non-hydrogen) atoms. The first kappa shape index (κ1) is 20.8. The number of aliphatic hydroxyl groups is 1. The number of carbonyl (C=O) groups is 1. The third-order valence-electron chi connectivity index (χ3n) is 4.75. The Labute approximate surface area is 174 Å². The fraction of sp³-hybridized carbons (Fsp3) is 0.182. The Bertz CT molecular complexity index is 1010. The van der Waals surface area contributed by atoms with Crippen LogP contribution in [0.4, 0.5) is 5.69 Å². The van der Waals surface area contributed by atoms with Crippen LogP contribution < -0.4 is 11.1 Å². The van der Waals surface area contributed by atoms with Crippen molar-refractivity contribution in [3.05, 3.63) is 83.1 Å². The molecule has 150 valence electrons. The summed E-state index contributed by atoms with van der Waals surface area (Å²) in [4.78, 5) is 15.4. The van der Waals surface area contributed by atoms with E-state index >= 15 is 0 Å². The largest absolute Gasteiger partial charge is 0.476 e. The molecule has 0 spiro atoms. The van der Waals surface area contributed by atoms with E-state index in [-0.39, 0.29) is 12.3 Å². The monoisotopic (exact) mass is 411 g/mol. The van der Waals surface area contributed by atoms with Gasteiger partial charge >= 0.3 is 5.97 Å². The number of hydrogen-bond acceptors (Lipinski definition) is 5. The van der Waals surface area contributed by atoms with Crippen molar-refractivity contribution >= 4 is 23.3 Å². The van der Waals surface area contributed by atoms with E-state index in [4.69, 9.17) is 17.3 Å². The van der Waals surface area contributed by atoms with Gasteiger partial charge in [-0.25, -0.2) is 9.78 Å². The Morgan fingerprint density at radius 1 is 1.14 bits per heavy atom. The fourth-order valence-electron chi connectivity index (χ4n) is 3.20. The van der Waals surface area contributed by atoms with Crippen LogP contribution >= 0.6 is 11.6 Å². The summed E-state index contributed by atoms with van der Waals surface area (Å²) < 4.78 is 0. The van der Waals surface area contributed by atoms with Crippen molar-refractivity contribution in [2.45, 2.75) is 12.0 Å². The molecule has 0 saturated heterocycles. The molecule has 7 heteroatoms. The van der Waals surface area contributed by atoms with Crippen molar-refractivity contribution in [3.63, 3.8) is 0 Å². The second kappa shape index (κ2) is 9.05. The summed E-state index contributed by atoms with van der Waals surface area (Å²) in [6, 6.07) is 18.1. The molecule has 1 atom stereocenters. The number of hydrogen-bond donors (Lipinski definition) is 4. The molecular formula is C22H22ClN3O3. The van der Waals surface area contributed by atoms with E-state index in [2.05, 4.69) is 10.3 Å². The van der Waals surface area contributed by atoms with Gasteiger partial charge in [-0.2, -0.15) is 0 Å². The minimum atomic E-state index is -1.08. The lowest BCUT2D eigenvalue weighted by Crippen LogP contribution is -2.44. The number of aromatic nitrogens is 1. The van der Waals surface area contributed by atoms with Gasteiger partial charge in [0.15, 0.2) is 5.69 Å². The molecule has 0 fully saturated rings. The third-order valence-corrected chi connectivity index (χ3v) is 4.98. The number of pyridine rings is 1. The number of halogens is 1. The summed E-state index contributed by atoms with van der Waals surface area (Å²) in [7, 11) is 0. The van der Waals surface area contributed by atoms with Crippen molar-refractivity contribution in [1.82, 2.24) is 4.98 Å². The van der Waals surface area contributed by atoms with E-state index in [1.165, 1.54) is 6.20 Å². The number of nitrogens with one attached hydrogen (secondary N) is 1. The third kappa shape index (κ3) is 4.92. The number of nitrogens with zero attached hydrogens (tertiary/aromatic N) is 1. The molecule has 5 N–H and O–H groups in total. The van der Waals surface area contributed by atoms with Crippen LogP contribution in [0.2, 0.25) is 5.02 Å². The van der Waals surface area contributed by atoms with Crippen LogP contribution in [0, 0.1) is 0 Å². The summed E-state index contributed by atoms with van der Waals surface area (Å²) in [5, 5.41) is 22.8. The maximum Gasteiger partial charge on any atom is 0.355 e. The first-order chi connectivity index (χ1) is 13.9. The molecule has 0 amide bonds. The molecule has 0 aliphatic heterocycles. The molecule has 0 bridgehead atoms. The predicted octanol–water partition coefficient (Wildman–Crippen LogP) is 3.75. The zero-order valence-electron chi connectivity index (χ0n) is 15.7. The van der Waals surface area contributed by atoms with Crippen molar-refractivity contribution in [2.24, 2.45) is 5.73 Å². The molecule has 6 nitrogen and oxygen atoms in total. The number of aromatic carboxylic acids is 1. The van der Waals surface area contributed by atoms with Gasteiger partial charge < -0.3 is 21.3 Å². The van der Waals surface area contributed by atoms with Crippen molar-refractivity contribution in [3.8, 4) is 11.1 Å². The molecule has 1 heterocycles. The van der Waals surface area contributed by atoms with Crippen LogP contribution in [0.25, 0.3) is 11.1 Å². The normalized spacial score (nSPS) is 12.9.